The average Bonchev–Trinajstić information content (AvgIpc) is 2.59. The van der Waals surface area contributed by atoms with E-state index >= 15 is 0 Å². The van der Waals surface area contributed by atoms with Crippen molar-refractivity contribution < 1.29 is 18.9 Å². The van der Waals surface area contributed by atoms with Gasteiger partial charge >= 0.3 is 0 Å². The molecule has 7 heteroatoms. The molecular weight excluding hydrogens is 220 g/mol. The van der Waals surface area contributed by atoms with Crippen LogP contribution in [0.3, 0.4) is 0 Å². The Bertz CT molecular complexity index is 425. The second kappa shape index (κ2) is 3.95. The molecule has 1 aliphatic rings. The van der Waals surface area contributed by atoms with E-state index in [1.54, 1.807) is 6.07 Å². The van der Waals surface area contributed by atoms with Gasteiger partial charge in [-0.15, -0.1) is 4.94 Å². The van der Waals surface area contributed by atoms with Crippen molar-refractivity contribution in [1.29, 1.82) is 0 Å². The highest BCUT2D eigenvalue weighted by molar-refractivity contribution is 5.49. The lowest BCUT2D eigenvalue weighted by Gasteiger charge is -2.15. The summed E-state index contributed by atoms with van der Waals surface area (Å²) in [6.07, 6.45) is -1.29. The number of hydroxylamine groups is 3. The van der Waals surface area contributed by atoms with E-state index in [0.29, 0.717) is 10.9 Å². The molecule has 2 rings (SSSR count). The Hall–Kier alpha value is -1.86. The number of nitrogens with two attached hydrogens (primary N) is 1. The van der Waals surface area contributed by atoms with Crippen LogP contribution in [0.1, 0.15) is 12.0 Å². The molecule has 0 saturated heterocycles. The highest BCUT2D eigenvalue weighted by atomic mass is 19.3. The minimum atomic E-state index is -2.56. The fraction of sp³-hybridized carbons (Fsp3) is 0.111. The standard InChI is InChI=1S/C9H9F2N3O2/c10-9(11)6-2-1-3-7(4-6)13-5-8(12)14(15)16-13/h1-5,9,15H,12H2. The van der Waals surface area contributed by atoms with Crippen molar-refractivity contribution in [1.82, 2.24) is 5.23 Å². The maximum Gasteiger partial charge on any atom is 0.263 e. The Kier molecular flexibility index (Phi) is 2.63. The van der Waals surface area contributed by atoms with Gasteiger partial charge in [0, 0.05) is 5.56 Å². The zero-order valence-corrected chi connectivity index (χ0v) is 8.05. The molecule has 0 saturated carbocycles. The summed E-state index contributed by atoms with van der Waals surface area (Å²) in [5.74, 6) is -0.0394. The summed E-state index contributed by atoms with van der Waals surface area (Å²) in [5.41, 5.74) is 5.54. The smallest absolute Gasteiger partial charge is 0.263 e. The Morgan fingerprint density at radius 2 is 2.12 bits per heavy atom. The van der Waals surface area contributed by atoms with Gasteiger partial charge in [0.05, 0.1) is 11.9 Å². The SMILES string of the molecule is NC1=CN(c2cccc(C(F)F)c2)ON1O. The predicted octanol–water partition coefficient (Wildman–Crippen LogP) is 1.74. The Morgan fingerprint density at radius 1 is 1.38 bits per heavy atom. The molecule has 0 amide bonds. The van der Waals surface area contributed by atoms with E-state index < -0.39 is 6.43 Å². The fourth-order valence-electron chi connectivity index (χ4n) is 1.24. The van der Waals surface area contributed by atoms with Crippen molar-refractivity contribution in [3.8, 4) is 0 Å². The van der Waals surface area contributed by atoms with Crippen LogP contribution < -0.4 is 10.8 Å². The second-order valence-electron chi connectivity index (χ2n) is 3.13. The van der Waals surface area contributed by atoms with Crippen LogP contribution >= 0.6 is 0 Å². The van der Waals surface area contributed by atoms with E-state index in [-0.39, 0.29) is 11.4 Å². The van der Waals surface area contributed by atoms with Crippen molar-refractivity contribution >= 4 is 5.69 Å². The van der Waals surface area contributed by atoms with Crippen molar-refractivity contribution in [2.45, 2.75) is 6.43 Å². The number of alkyl halides is 2. The highest BCUT2D eigenvalue weighted by Crippen LogP contribution is 2.26. The summed E-state index contributed by atoms with van der Waals surface area (Å²) in [7, 11) is 0. The van der Waals surface area contributed by atoms with Gasteiger partial charge in [-0.2, -0.15) is 5.06 Å². The van der Waals surface area contributed by atoms with Gasteiger partial charge in [-0.05, 0) is 12.1 Å². The van der Waals surface area contributed by atoms with Crippen LogP contribution in [0.2, 0.25) is 0 Å². The van der Waals surface area contributed by atoms with Crippen molar-refractivity contribution in [2.24, 2.45) is 5.73 Å². The number of rotatable bonds is 2. The molecule has 5 nitrogen and oxygen atoms in total. The molecule has 0 spiro atoms. The van der Waals surface area contributed by atoms with Crippen LogP contribution in [0.5, 0.6) is 0 Å². The van der Waals surface area contributed by atoms with Gasteiger partial charge in [0.15, 0.2) is 5.82 Å². The normalized spacial score (nSPS) is 15.9. The number of nitrogens with zero attached hydrogens (tertiary/aromatic N) is 2. The molecular formula is C9H9F2N3O2. The first-order valence-electron chi connectivity index (χ1n) is 4.39. The van der Waals surface area contributed by atoms with Crippen LogP contribution in [0.4, 0.5) is 14.5 Å². The summed E-state index contributed by atoms with van der Waals surface area (Å²) in [4.78, 5) is 4.75. The highest BCUT2D eigenvalue weighted by Gasteiger charge is 2.21. The first-order valence-corrected chi connectivity index (χ1v) is 4.39. The minimum absolute atomic E-state index is 0.0394. The zero-order valence-electron chi connectivity index (χ0n) is 8.05. The summed E-state index contributed by atoms with van der Waals surface area (Å²) >= 11 is 0. The van der Waals surface area contributed by atoms with Crippen molar-refractivity contribution in [2.75, 3.05) is 5.06 Å². The van der Waals surface area contributed by atoms with Gasteiger partial charge in [-0.3, -0.25) is 5.21 Å². The third-order valence-electron chi connectivity index (χ3n) is 2.01. The minimum Gasteiger partial charge on any atom is -0.380 e. The van der Waals surface area contributed by atoms with Gasteiger partial charge in [0.1, 0.15) is 0 Å². The van der Waals surface area contributed by atoms with Crippen molar-refractivity contribution in [3.63, 3.8) is 0 Å². The van der Waals surface area contributed by atoms with E-state index in [4.69, 9.17) is 15.9 Å². The van der Waals surface area contributed by atoms with Crippen LogP contribution in [0.25, 0.3) is 0 Å². The summed E-state index contributed by atoms with van der Waals surface area (Å²) in [5, 5.41) is 10.5. The maximum absolute atomic E-state index is 12.4. The Labute approximate surface area is 89.8 Å². The molecule has 0 aromatic heterocycles. The summed E-state index contributed by atoms with van der Waals surface area (Å²) in [6.45, 7) is 0. The van der Waals surface area contributed by atoms with Crippen LogP contribution in [-0.2, 0) is 4.94 Å². The molecule has 0 atom stereocenters. The molecule has 1 aliphatic heterocycles. The van der Waals surface area contributed by atoms with Crippen LogP contribution in [0, 0.1) is 0 Å². The van der Waals surface area contributed by atoms with E-state index in [1.807, 2.05) is 0 Å². The van der Waals surface area contributed by atoms with Crippen LogP contribution in [-0.4, -0.2) is 10.4 Å². The molecule has 0 fully saturated rings. The molecule has 0 aliphatic carbocycles. The number of anilines is 1. The van der Waals surface area contributed by atoms with E-state index in [2.05, 4.69) is 0 Å². The molecule has 86 valence electrons. The van der Waals surface area contributed by atoms with E-state index in [9.17, 15) is 8.78 Å². The molecule has 1 aromatic carbocycles. The van der Waals surface area contributed by atoms with Gasteiger partial charge in [0.2, 0.25) is 0 Å². The van der Waals surface area contributed by atoms with Gasteiger partial charge in [-0.25, -0.2) is 8.78 Å². The van der Waals surface area contributed by atoms with E-state index in [0.717, 1.165) is 5.06 Å². The predicted molar refractivity (Wildman–Crippen MR) is 50.9 cm³/mol. The zero-order chi connectivity index (χ0) is 11.7. The molecule has 1 aromatic rings. The lowest BCUT2D eigenvalue weighted by Crippen LogP contribution is -2.22. The quantitative estimate of drug-likeness (QED) is 0.808. The number of hydrogen-bond donors (Lipinski definition) is 2. The van der Waals surface area contributed by atoms with Crippen LogP contribution in [0.15, 0.2) is 36.3 Å². The maximum atomic E-state index is 12.4. The summed E-state index contributed by atoms with van der Waals surface area (Å²) in [6, 6.07) is 5.56. The monoisotopic (exact) mass is 229 g/mol. The average molecular weight is 229 g/mol. The number of benzene rings is 1. The third kappa shape index (κ3) is 1.90. The summed E-state index contributed by atoms with van der Waals surface area (Å²) < 4.78 is 24.9. The molecule has 0 radical (unpaired) electrons. The topological polar surface area (TPSA) is 62.0 Å². The first-order chi connectivity index (χ1) is 7.58. The molecule has 3 N–H and O–H groups in total. The Balaban J connectivity index is 2.25. The first kappa shape index (κ1) is 10.7. The fourth-order valence-corrected chi connectivity index (χ4v) is 1.24. The van der Waals surface area contributed by atoms with Crippen molar-refractivity contribution in [3.05, 3.63) is 41.8 Å². The van der Waals surface area contributed by atoms with Gasteiger partial charge in [0.25, 0.3) is 6.43 Å². The lowest BCUT2D eigenvalue weighted by molar-refractivity contribution is -0.304. The Morgan fingerprint density at radius 3 is 2.69 bits per heavy atom. The third-order valence-corrected chi connectivity index (χ3v) is 2.01. The number of hydrogen-bond acceptors (Lipinski definition) is 5. The lowest BCUT2D eigenvalue weighted by atomic mass is 10.2. The largest absolute Gasteiger partial charge is 0.380 e. The molecule has 16 heavy (non-hydrogen) atoms. The molecule has 0 bridgehead atoms. The van der Waals surface area contributed by atoms with Gasteiger partial charge in [-0.1, -0.05) is 17.4 Å². The number of halogens is 2. The molecule has 1 heterocycles. The van der Waals surface area contributed by atoms with E-state index in [1.165, 1.54) is 24.4 Å². The molecule has 0 unspecified atom stereocenters. The second-order valence-corrected chi connectivity index (χ2v) is 3.13. The van der Waals surface area contributed by atoms with Gasteiger partial charge < -0.3 is 5.73 Å².